The Bertz CT molecular complexity index is 658. The first-order chi connectivity index (χ1) is 9.19. The van der Waals surface area contributed by atoms with Gasteiger partial charge in [0.05, 0.1) is 5.52 Å². The van der Waals surface area contributed by atoms with Crippen LogP contribution in [0.15, 0.2) is 22.7 Å². The summed E-state index contributed by atoms with van der Waals surface area (Å²) in [7, 11) is 3.51. The van der Waals surface area contributed by atoms with Crippen LogP contribution in [0.2, 0.25) is 0 Å². The highest BCUT2D eigenvalue weighted by molar-refractivity contribution is 9.10. The molecule has 0 aliphatic heterocycles. The first-order valence-electron chi connectivity index (χ1n) is 6.28. The van der Waals surface area contributed by atoms with Crippen LogP contribution >= 0.6 is 15.9 Å². The van der Waals surface area contributed by atoms with Gasteiger partial charge < -0.3 is 4.74 Å². The number of fused-ring (bicyclic) bond motifs is 1. The molecule has 20 heavy (non-hydrogen) atoms. The Labute approximate surface area is 126 Å². The standard InChI is InChI=1S/C14H18BrN3O2/c1-14(2,3)20-13(19)17(4)12-10-7-6-9(15)8-11(10)18(5)16-12/h6-8H,1-5H3. The minimum Gasteiger partial charge on any atom is -0.443 e. The van der Waals surface area contributed by atoms with Crippen LogP contribution in [0.4, 0.5) is 10.6 Å². The third-order valence-corrected chi connectivity index (χ3v) is 3.27. The number of hydrogen-bond acceptors (Lipinski definition) is 3. The average molecular weight is 340 g/mol. The van der Waals surface area contributed by atoms with E-state index >= 15 is 0 Å². The van der Waals surface area contributed by atoms with E-state index in [4.69, 9.17) is 4.74 Å². The number of nitrogens with zero attached hydrogens (tertiary/aromatic N) is 3. The fourth-order valence-electron chi connectivity index (χ4n) is 1.88. The molecule has 0 bridgehead atoms. The molecule has 6 heteroatoms. The number of rotatable bonds is 1. The van der Waals surface area contributed by atoms with Gasteiger partial charge in [-0.1, -0.05) is 15.9 Å². The predicted molar refractivity (Wildman–Crippen MR) is 83.1 cm³/mol. The van der Waals surface area contributed by atoms with Crippen LogP contribution in [-0.2, 0) is 11.8 Å². The van der Waals surface area contributed by atoms with Crippen LogP contribution in [0.25, 0.3) is 10.9 Å². The highest BCUT2D eigenvalue weighted by atomic mass is 79.9. The van der Waals surface area contributed by atoms with E-state index in [-0.39, 0.29) is 0 Å². The molecule has 0 aliphatic rings. The van der Waals surface area contributed by atoms with Crippen molar-refractivity contribution in [3.8, 4) is 0 Å². The molecule has 1 heterocycles. The summed E-state index contributed by atoms with van der Waals surface area (Å²) < 4.78 is 8.08. The molecule has 0 saturated heterocycles. The maximum Gasteiger partial charge on any atom is 0.415 e. The molecule has 0 N–H and O–H groups in total. The molecule has 0 aliphatic carbocycles. The molecule has 0 radical (unpaired) electrons. The lowest BCUT2D eigenvalue weighted by Gasteiger charge is -2.23. The normalized spacial score (nSPS) is 11.7. The van der Waals surface area contributed by atoms with Gasteiger partial charge in [0, 0.05) is 24.0 Å². The third kappa shape index (κ3) is 2.95. The number of anilines is 1. The quantitative estimate of drug-likeness (QED) is 0.795. The van der Waals surface area contributed by atoms with Gasteiger partial charge in [-0.25, -0.2) is 4.79 Å². The number of hydrogen-bond donors (Lipinski definition) is 0. The molecule has 1 aromatic heterocycles. The Morgan fingerprint density at radius 1 is 1.40 bits per heavy atom. The molecule has 2 aromatic rings. The zero-order valence-electron chi connectivity index (χ0n) is 12.3. The third-order valence-electron chi connectivity index (χ3n) is 2.78. The molecular formula is C14H18BrN3O2. The van der Waals surface area contributed by atoms with Crippen LogP contribution in [0.1, 0.15) is 20.8 Å². The Kier molecular flexibility index (Phi) is 3.77. The maximum absolute atomic E-state index is 12.1. The maximum atomic E-state index is 12.1. The summed E-state index contributed by atoms with van der Waals surface area (Å²) in [5.74, 6) is 0.587. The van der Waals surface area contributed by atoms with Crippen molar-refractivity contribution in [2.75, 3.05) is 11.9 Å². The molecule has 0 fully saturated rings. The van der Waals surface area contributed by atoms with Gasteiger partial charge in [0.15, 0.2) is 5.82 Å². The van der Waals surface area contributed by atoms with Crippen LogP contribution in [0.5, 0.6) is 0 Å². The Balaban J connectivity index is 2.40. The van der Waals surface area contributed by atoms with Gasteiger partial charge in [0.1, 0.15) is 5.60 Å². The van der Waals surface area contributed by atoms with Crippen molar-refractivity contribution in [1.82, 2.24) is 9.78 Å². The summed E-state index contributed by atoms with van der Waals surface area (Å²) in [4.78, 5) is 13.6. The molecule has 2 rings (SSSR count). The summed E-state index contributed by atoms with van der Waals surface area (Å²) in [6.45, 7) is 5.52. The number of carbonyl (C=O) groups is 1. The first-order valence-corrected chi connectivity index (χ1v) is 7.07. The number of aromatic nitrogens is 2. The van der Waals surface area contributed by atoms with Gasteiger partial charge in [-0.05, 0) is 39.0 Å². The molecule has 0 atom stereocenters. The average Bonchev–Trinajstić information content (AvgIpc) is 2.63. The van der Waals surface area contributed by atoms with Gasteiger partial charge in [0.25, 0.3) is 0 Å². The first kappa shape index (κ1) is 14.8. The van der Waals surface area contributed by atoms with E-state index in [2.05, 4.69) is 21.0 Å². The van der Waals surface area contributed by atoms with Crippen molar-refractivity contribution < 1.29 is 9.53 Å². The van der Waals surface area contributed by atoms with Crippen molar-refractivity contribution in [2.24, 2.45) is 7.05 Å². The van der Waals surface area contributed by atoms with Crippen molar-refractivity contribution in [3.05, 3.63) is 22.7 Å². The van der Waals surface area contributed by atoms with E-state index in [1.807, 2.05) is 46.0 Å². The van der Waals surface area contributed by atoms with Crippen molar-refractivity contribution in [2.45, 2.75) is 26.4 Å². The van der Waals surface area contributed by atoms with Crippen molar-refractivity contribution >= 4 is 38.7 Å². The zero-order valence-corrected chi connectivity index (χ0v) is 13.9. The highest BCUT2D eigenvalue weighted by Crippen LogP contribution is 2.28. The second kappa shape index (κ2) is 5.09. The van der Waals surface area contributed by atoms with E-state index < -0.39 is 11.7 Å². The lowest BCUT2D eigenvalue weighted by atomic mass is 10.2. The van der Waals surface area contributed by atoms with Crippen LogP contribution in [0.3, 0.4) is 0 Å². The minimum absolute atomic E-state index is 0.416. The SMILES string of the molecule is CN(C(=O)OC(C)(C)C)c1nn(C)c2cc(Br)ccc12. The number of aryl methyl sites for hydroxylation is 1. The molecule has 0 spiro atoms. The largest absolute Gasteiger partial charge is 0.443 e. The summed E-state index contributed by atoms with van der Waals surface area (Å²) in [5, 5.41) is 5.31. The van der Waals surface area contributed by atoms with Gasteiger partial charge >= 0.3 is 6.09 Å². The van der Waals surface area contributed by atoms with Crippen LogP contribution in [0, 0.1) is 0 Å². The van der Waals surface area contributed by atoms with E-state index in [0.29, 0.717) is 5.82 Å². The topological polar surface area (TPSA) is 47.4 Å². The molecular weight excluding hydrogens is 322 g/mol. The minimum atomic E-state index is -0.529. The van der Waals surface area contributed by atoms with Crippen molar-refractivity contribution in [1.29, 1.82) is 0 Å². The summed E-state index contributed by atoms with van der Waals surface area (Å²) >= 11 is 3.44. The fraction of sp³-hybridized carbons (Fsp3) is 0.429. The number of ether oxygens (including phenoxy) is 1. The molecule has 1 amide bonds. The summed E-state index contributed by atoms with van der Waals surface area (Å²) in [6.07, 6.45) is -0.416. The summed E-state index contributed by atoms with van der Waals surface area (Å²) in [6, 6.07) is 5.83. The number of amides is 1. The Morgan fingerprint density at radius 3 is 2.65 bits per heavy atom. The van der Waals surface area contributed by atoms with Gasteiger partial charge in [-0.2, -0.15) is 5.10 Å². The smallest absolute Gasteiger partial charge is 0.415 e. The molecule has 1 aromatic carbocycles. The summed E-state index contributed by atoms with van der Waals surface area (Å²) in [5.41, 5.74) is 0.420. The van der Waals surface area contributed by atoms with E-state index in [1.165, 1.54) is 4.90 Å². The van der Waals surface area contributed by atoms with Gasteiger partial charge in [-0.3, -0.25) is 9.58 Å². The predicted octanol–water partition coefficient (Wildman–Crippen LogP) is 3.71. The zero-order chi connectivity index (χ0) is 15.1. The fourth-order valence-corrected chi connectivity index (χ4v) is 2.23. The van der Waals surface area contributed by atoms with E-state index in [1.54, 1.807) is 11.7 Å². The molecule has 0 unspecified atom stereocenters. The lowest BCUT2D eigenvalue weighted by molar-refractivity contribution is 0.0588. The second-order valence-electron chi connectivity index (χ2n) is 5.65. The Hall–Kier alpha value is -1.56. The molecule has 108 valence electrons. The lowest BCUT2D eigenvalue weighted by Crippen LogP contribution is -2.34. The van der Waals surface area contributed by atoms with Gasteiger partial charge in [-0.15, -0.1) is 0 Å². The monoisotopic (exact) mass is 339 g/mol. The molecule has 5 nitrogen and oxygen atoms in total. The van der Waals surface area contributed by atoms with Crippen LogP contribution < -0.4 is 4.90 Å². The van der Waals surface area contributed by atoms with Crippen LogP contribution in [-0.4, -0.2) is 28.5 Å². The number of carbonyl (C=O) groups excluding carboxylic acids is 1. The van der Waals surface area contributed by atoms with Crippen molar-refractivity contribution in [3.63, 3.8) is 0 Å². The highest BCUT2D eigenvalue weighted by Gasteiger charge is 2.23. The van der Waals surface area contributed by atoms with Gasteiger partial charge in [0.2, 0.25) is 0 Å². The Morgan fingerprint density at radius 2 is 2.05 bits per heavy atom. The molecule has 0 saturated carbocycles. The number of benzene rings is 1. The van der Waals surface area contributed by atoms with E-state index in [9.17, 15) is 4.79 Å². The number of halogens is 1. The second-order valence-corrected chi connectivity index (χ2v) is 6.56. The van der Waals surface area contributed by atoms with E-state index in [0.717, 1.165) is 15.4 Å².